The van der Waals surface area contributed by atoms with E-state index in [2.05, 4.69) is 20.1 Å². The third kappa shape index (κ3) is 4.79. The molecule has 0 spiro atoms. The minimum Gasteiger partial charge on any atom is -0.341 e. The fraction of sp³-hybridized carbons (Fsp3) is 0.615. The van der Waals surface area contributed by atoms with Crippen molar-refractivity contribution in [3.63, 3.8) is 0 Å². The smallest absolute Gasteiger partial charge is 0.230 e. The van der Waals surface area contributed by atoms with Gasteiger partial charge in [-0.15, -0.1) is 10.2 Å². The van der Waals surface area contributed by atoms with Crippen LogP contribution in [0.2, 0.25) is 0 Å². The van der Waals surface area contributed by atoms with Crippen LogP contribution in [-0.2, 0) is 19.6 Å². The van der Waals surface area contributed by atoms with Crippen LogP contribution >= 0.6 is 0 Å². The Labute approximate surface area is 218 Å². The van der Waals surface area contributed by atoms with Gasteiger partial charge in [0.15, 0.2) is 0 Å². The van der Waals surface area contributed by atoms with Crippen molar-refractivity contribution in [2.24, 2.45) is 5.92 Å². The van der Waals surface area contributed by atoms with E-state index >= 15 is 0 Å². The largest absolute Gasteiger partial charge is 0.341 e. The van der Waals surface area contributed by atoms with Crippen LogP contribution in [0.1, 0.15) is 74.3 Å². The normalized spacial score (nSPS) is 22.9. The van der Waals surface area contributed by atoms with Gasteiger partial charge in [0.2, 0.25) is 21.8 Å². The van der Waals surface area contributed by atoms with Crippen LogP contribution in [0.4, 0.5) is 5.69 Å². The highest BCUT2D eigenvalue weighted by atomic mass is 32.2. The number of nitrogens with zero attached hydrogens (tertiary/aromatic N) is 5. The molecule has 37 heavy (non-hydrogen) atoms. The highest BCUT2D eigenvalue weighted by Gasteiger charge is 2.47. The number of hydrogen-bond donors (Lipinski definition) is 1. The summed E-state index contributed by atoms with van der Waals surface area (Å²) in [5.74, 6) is 0.548. The lowest BCUT2D eigenvalue weighted by Gasteiger charge is -2.38. The number of hydrogen-bond acceptors (Lipinski definition) is 6. The maximum atomic E-state index is 13.5. The summed E-state index contributed by atoms with van der Waals surface area (Å²) in [5, 5.41) is 11.7. The van der Waals surface area contributed by atoms with Crippen molar-refractivity contribution in [2.45, 2.75) is 70.6 Å². The summed E-state index contributed by atoms with van der Waals surface area (Å²) in [7, 11) is -3.30. The van der Waals surface area contributed by atoms with Gasteiger partial charge < -0.3 is 14.8 Å². The highest BCUT2D eigenvalue weighted by Crippen LogP contribution is 2.44. The number of carbonyl (C=O) groups is 2. The van der Waals surface area contributed by atoms with Gasteiger partial charge in [0.05, 0.1) is 17.1 Å². The van der Waals surface area contributed by atoms with Gasteiger partial charge in [-0.25, -0.2) is 12.7 Å². The maximum absolute atomic E-state index is 13.5. The number of nitrogens with one attached hydrogen (secondary N) is 1. The summed E-state index contributed by atoms with van der Waals surface area (Å²) in [6.45, 7) is 10.4. The van der Waals surface area contributed by atoms with Crippen LogP contribution in [0, 0.1) is 19.8 Å². The first kappa shape index (κ1) is 25.8. The molecule has 1 aromatic carbocycles. The Morgan fingerprint density at radius 2 is 1.70 bits per heavy atom. The maximum Gasteiger partial charge on any atom is 0.230 e. The standard InChI is InChI=1S/C26H36N6O4S/c1-15(2)37(35,36)31-11-19(12-31)24-28-29-25(32(24)20-7-8-20)21-13-30(18(5)33)14-22(21)26(34)27-23-9-6-16(3)10-17(23)4/h6,9-10,15,19-22H,7-8,11-14H2,1-5H3,(H,27,34)/t21-,22-/m0/s1. The van der Waals surface area contributed by atoms with Gasteiger partial charge >= 0.3 is 0 Å². The molecular weight excluding hydrogens is 492 g/mol. The Balaban J connectivity index is 1.42. The van der Waals surface area contributed by atoms with Gasteiger partial charge in [-0.3, -0.25) is 9.59 Å². The molecule has 0 unspecified atom stereocenters. The van der Waals surface area contributed by atoms with Crippen molar-refractivity contribution >= 4 is 27.5 Å². The SMILES string of the molecule is CC(=O)N1C[C@H](C(=O)Nc2ccc(C)cc2C)[C@@H](c2nnc(C3CN(S(=O)(=O)C(C)C)C3)n2C2CC2)C1. The van der Waals surface area contributed by atoms with Crippen LogP contribution < -0.4 is 5.32 Å². The van der Waals surface area contributed by atoms with Crippen molar-refractivity contribution in [2.75, 3.05) is 31.5 Å². The van der Waals surface area contributed by atoms with Gasteiger partial charge in [-0.05, 0) is 52.2 Å². The number of benzene rings is 1. The number of anilines is 1. The van der Waals surface area contributed by atoms with E-state index in [0.717, 1.165) is 41.3 Å². The predicted molar refractivity (Wildman–Crippen MR) is 140 cm³/mol. The molecule has 0 radical (unpaired) electrons. The van der Waals surface area contributed by atoms with E-state index in [9.17, 15) is 18.0 Å². The lowest BCUT2D eigenvalue weighted by molar-refractivity contribution is -0.128. The molecule has 2 saturated heterocycles. The van der Waals surface area contributed by atoms with E-state index in [0.29, 0.717) is 26.2 Å². The number of aryl methyl sites for hydroxylation is 2. The molecule has 2 atom stereocenters. The minimum absolute atomic E-state index is 0.0248. The minimum atomic E-state index is -3.30. The molecule has 200 valence electrons. The van der Waals surface area contributed by atoms with Crippen molar-refractivity contribution in [3.05, 3.63) is 41.0 Å². The van der Waals surface area contributed by atoms with E-state index < -0.39 is 21.2 Å². The monoisotopic (exact) mass is 528 g/mol. The molecule has 0 bridgehead atoms. The molecule has 3 aliphatic rings. The molecule has 3 fully saturated rings. The highest BCUT2D eigenvalue weighted by molar-refractivity contribution is 7.89. The van der Waals surface area contributed by atoms with Crippen LogP contribution in [0.25, 0.3) is 0 Å². The molecule has 11 heteroatoms. The molecule has 10 nitrogen and oxygen atoms in total. The lowest BCUT2D eigenvalue weighted by Crippen LogP contribution is -2.51. The molecule has 2 amide bonds. The first-order valence-electron chi connectivity index (χ1n) is 13.0. The third-order valence-corrected chi connectivity index (χ3v) is 10.1. The fourth-order valence-corrected chi connectivity index (χ4v) is 6.80. The molecule has 2 aromatic rings. The van der Waals surface area contributed by atoms with Gasteiger partial charge in [0, 0.05) is 50.7 Å². The van der Waals surface area contributed by atoms with Crippen LogP contribution in [-0.4, -0.2) is 75.6 Å². The Bertz CT molecular complexity index is 1330. The molecule has 1 aliphatic carbocycles. The zero-order valence-corrected chi connectivity index (χ0v) is 23.0. The van der Waals surface area contributed by atoms with E-state index in [1.165, 1.54) is 11.2 Å². The molecule has 3 heterocycles. The van der Waals surface area contributed by atoms with E-state index in [1.54, 1.807) is 18.7 Å². The number of likely N-dealkylation sites (tertiary alicyclic amines) is 1. The predicted octanol–water partition coefficient (Wildman–Crippen LogP) is 2.57. The average molecular weight is 529 g/mol. The average Bonchev–Trinajstić information content (AvgIpc) is 3.37. The second-order valence-electron chi connectivity index (χ2n) is 11.1. The van der Waals surface area contributed by atoms with Crippen LogP contribution in [0.5, 0.6) is 0 Å². The number of rotatable bonds is 7. The summed E-state index contributed by atoms with van der Waals surface area (Å²) < 4.78 is 28.8. The lowest BCUT2D eigenvalue weighted by atomic mass is 9.93. The summed E-state index contributed by atoms with van der Waals surface area (Å²) in [6.07, 6.45) is 2.00. The summed E-state index contributed by atoms with van der Waals surface area (Å²) in [6, 6.07) is 6.16. The molecule has 5 rings (SSSR count). The van der Waals surface area contributed by atoms with E-state index in [-0.39, 0.29) is 29.7 Å². The van der Waals surface area contributed by atoms with E-state index in [1.807, 2.05) is 32.0 Å². The Morgan fingerprint density at radius 1 is 1.03 bits per heavy atom. The Hall–Kier alpha value is -2.79. The topological polar surface area (TPSA) is 118 Å². The van der Waals surface area contributed by atoms with Gasteiger partial charge in [0.1, 0.15) is 11.6 Å². The van der Waals surface area contributed by atoms with Crippen molar-refractivity contribution in [3.8, 4) is 0 Å². The Kier molecular flexibility index (Phi) is 6.64. The van der Waals surface area contributed by atoms with E-state index in [4.69, 9.17) is 0 Å². The second-order valence-corrected chi connectivity index (χ2v) is 13.6. The summed E-state index contributed by atoms with van der Waals surface area (Å²) in [4.78, 5) is 27.6. The van der Waals surface area contributed by atoms with Crippen LogP contribution in [0.15, 0.2) is 18.2 Å². The number of sulfonamides is 1. The van der Waals surface area contributed by atoms with Crippen LogP contribution in [0.3, 0.4) is 0 Å². The summed E-state index contributed by atoms with van der Waals surface area (Å²) >= 11 is 0. The number of carbonyl (C=O) groups excluding carboxylic acids is 2. The van der Waals surface area contributed by atoms with Crippen molar-refractivity contribution < 1.29 is 18.0 Å². The second kappa shape index (κ2) is 9.50. The molecule has 2 aliphatic heterocycles. The van der Waals surface area contributed by atoms with Crippen molar-refractivity contribution in [1.29, 1.82) is 0 Å². The fourth-order valence-electron chi connectivity index (χ4n) is 5.43. The number of aromatic nitrogens is 3. The van der Waals surface area contributed by atoms with Gasteiger partial charge in [-0.2, -0.15) is 0 Å². The third-order valence-electron chi connectivity index (χ3n) is 7.90. The van der Waals surface area contributed by atoms with Gasteiger partial charge in [0.25, 0.3) is 0 Å². The Morgan fingerprint density at radius 3 is 2.30 bits per heavy atom. The first-order chi connectivity index (χ1) is 17.5. The summed E-state index contributed by atoms with van der Waals surface area (Å²) in [5.41, 5.74) is 2.87. The first-order valence-corrected chi connectivity index (χ1v) is 14.5. The molecule has 1 aromatic heterocycles. The quantitative estimate of drug-likeness (QED) is 0.590. The number of amides is 2. The molecule has 1 N–H and O–H groups in total. The zero-order valence-electron chi connectivity index (χ0n) is 22.1. The van der Waals surface area contributed by atoms with Crippen molar-refractivity contribution in [1.82, 2.24) is 24.0 Å². The molecular formula is C26H36N6O4S. The van der Waals surface area contributed by atoms with Gasteiger partial charge in [-0.1, -0.05) is 17.7 Å². The molecule has 1 saturated carbocycles. The zero-order chi connectivity index (χ0) is 26.6.